The fraction of sp³-hybridized carbons (Fsp3) is 0.917. The van der Waals surface area contributed by atoms with E-state index in [1.807, 2.05) is 13.8 Å². The predicted octanol–water partition coefficient (Wildman–Crippen LogP) is 0.733. The smallest absolute Gasteiger partial charge is 0.229 e. The van der Waals surface area contributed by atoms with E-state index in [4.69, 9.17) is 5.73 Å². The summed E-state index contributed by atoms with van der Waals surface area (Å²) in [7, 11) is 1.78. The quantitative estimate of drug-likeness (QED) is 0.748. The van der Waals surface area contributed by atoms with Gasteiger partial charge in [0.25, 0.3) is 0 Å². The summed E-state index contributed by atoms with van der Waals surface area (Å²) in [5.41, 5.74) is 5.06. The standard InChI is InChI=1S/C12H24N2O2/c1-12(2,8-13)11(16)14(3)9-6-4-5-7-10(9)15/h9-10,15H,4-8,13H2,1-3H3. The first-order valence-electron chi connectivity index (χ1n) is 6.05. The minimum atomic E-state index is -0.536. The van der Waals surface area contributed by atoms with Gasteiger partial charge in [-0.3, -0.25) is 4.79 Å². The molecule has 4 heteroatoms. The van der Waals surface area contributed by atoms with Crippen LogP contribution in [0.3, 0.4) is 0 Å². The van der Waals surface area contributed by atoms with E-state index >= 15 is 0 Å². The highest BCUT2D eigenvalue weighted by atomic mass is 16.3. The molecule has 16 heavy (non-hydrogen) atoms. The molecule has 0 bridgehead atoms. The van der Waals surface area contributed by atoms with Gasteiger partial charge in [-0.15, -0.1) is 0 Å². The maximum atomic E-state index is 12.2. The SMILES string of the molecule is CN(C(=O)C(C)(C)CN)C1CCCCC1O. The van der Waals surface area contributed by atoms with Crippen LogP contribution in [0.4, 0.5) is 0 Å². The van der Waals surface area contributed by atoms with Gasteiger partial charge < -0.3 is 15.7 Å². The summed E-state index contributed by atoms with van der Waals surface area (Å²) in [4.78, 5) is 13.9. The summed E-state index contributed by atoms with van der Waals surface area (Å²) in [5.74, 6) is 0.0287. The second-order valence-electron chi connectivity index (χ2n) is 5.42. The molecular formula is C12H24N2O2. The lowest BCUT2D eigenvalue weighted by Crippen LogP contribution is -2.52. The van der Waals surface area contributed by atoms with E-state index in [1.54, 1.807) is 11.9 Å². The molecule has 4 nitrogen and oxygen atoms in total. The monoisotopic (exact) mass is 228 g/mol. The number of carbonyl (C=O) groups excluding carboxylic acids is 1. The van der Waals surface area contributed by atoms with Gasteiger partial charge in [-0.1, -0.05) is 12.8 Å². The summed E-state index contributed by atoms with van der Waals surface area (Å²) in [6.45, 7) is 4.03. The Kier molecular flexibility index (Phi) is 4.33. The van der Waals surface area contributed by atoms with E-state index in [-0.39, 0.29) is 18.1 Å². The third kappa shape index (κ3) is 2.74. The molecule has 1 fully saturated rings. The fourth-order valence-electron chi connectivity index (χ4n) is 2.26. The van der Waals surface area contributed by atoms with Crippen molar-refractivity contribution in [3.63, 3.8) is 0 Å². The number of rotatable bonds is 3. The zero-order chi connectivity index (χ0) is 12.3. The minimum absolute atomic E-state index is 0.0287. The summed E-state index contributed by atoms with van der Waals surface area (Å²) >= 11 is 0. The molecule has 1 aliphatic rings. The summed E-state index contributed by atoms with van der Waals surface area (Å²) in [6.07, 6.45) is 3.45. The van der Waals surface area contributed by atoms with Crippen LogP contribution in [0.25, 0.3) is 0 Å². The van der Waals surface area contributed by atoms with Gasteiger partial charge in [0.1, 0.15) is 0 Å². The molecule has 0 aliphatic heterocycles. The molecule has 0 aromatic rings. The second-order valence-corrected chi connectivity index (χ2v) is 5.42. The number of hydrogen-bond acceptors (Lipinski definition) is 3. The average Bonchev–Trinajstić information content (AvgIpc) is 2.27. The molecule has 0 heterocycles. The molecule has 1 aliphatic carbocycles. The van der Waals surface area contributed by atoms with Crippen LogP contribution in [-0.2, 0) is 4.79 Å². The van der Waals surface area contributed by atoms with E-state index in [2.05, 4.69) is 0 Å². The Morgan fingerprint density at radius 1 is 1.44 bits per heavy atom. The zero-order valence-electron chi connectivity index (χ0n) is 10.6. The zero-order valence-corrected chi connectivity index (χ0v) is 10.6. The number of hydrogen-bond donors (Lipinski definition) is 2. The number of nitrogens with two attached hydrogens (primary N) is 1. The van der Waals surface area contributed by atoms with Gasteiger partial charge >= 0.3 is 0 Å². The van der Waals surface area contributed by atoms with E-state index in [0.717, 1.165) is 25.7 Å². The van der Waals surface area contributed by atoms with Crippen LogP contribution in [0.15, 0.2) is 0 Å². The number of aliphatic hydroxyl groups is 1. The maximum absolute atomic E-state index is 12.2. The number of amides is 1. The minimum Gasteiger partial charge on any atom is -0.391 e. The predicted molar refractivity (Wildman–Crippen MR) is 63.9 cm³/mol. The molecule has 2 atom stereocenters. The molecule has 0 aromatic heterocycles. The molecule has 0 aromatic carbocycles. The van der Waals surface area contributed by atoms with Crippen LogP contribution in [0.1, 0.15) is 39.5 Å². The van der Waals surface area contributed by atoms with Crippen molar-refractivity contribution in [3.05, 3.63) is 0 Å². The van der Waals surface area contributed by atoms with Crippen molar-refractivity contribution < 1.29 is 9.90 Å². The Balaban J connectivity index is 2.69. The molecule has 1 rings (SSSR count). The molecule has 0 radical (unpaired) electrons. The molecule has 0 saturated heterocycles. The Morgan fingerprint density at radius 3 is 2.50 bits per heavy atom. The number of carbonyl (C=O) groups is 1. The molecule has 1 amide bonds. The van der Waals surface area contributed by atoms with Crippen LogP contribution < -0.4 is 5.73 Å². The van der Waals surface area contributed by atoms with E-state index in [0.29, 0.717) is 6.54 Å². The Morgan fingerprint density at radius 2 is 2.00 bits per heavy atom. The lowest BCUT2D eigenvalue weighted by atomic mass is 9.87. The van der Waals surface area contributed by atoms with Gasteiger partial charge in [-0.05, 0) is 26.7 Å². The lowest BCUT2D eigenvalue weighted by molar-refractivity contribution is -0.144. The summed E-state index contributed by atoms with van der Waals surface area (Å²) in [5, 5.41) is 9.90. The molecule has 94 valence electrons. The van der Waals surface area contributed by atoms with Gasteiger partial charge in [0.05, 0.1) is 17.6 Å². The van der Waals surface area contributed by atoms with Crippen molar-refractivity contribution >= 4 is 5.91 Å². The third-order valence-corrected chi connectivity index (χ3v) is 3.60. The molecular weight excluding hydrogens is 204 g/mol. The highest BCUT2D eigenvalue weighted by molar-refractivity contribution is 5.82. The van der Waals surface area contributed by atoms with Crippen LogP contribution >= 0.6 is 0 Å². The van der Waals surface area contributed by atoms with Gasteiger partial charge in [0, 0.05) is 13.6 Å². The molecule has 2 unspecified atom stereocenters. The number of aliphatic hydroxyl groups excluding tert-OH is 1. The van der Waals surface area contributed by atoms with Crippen LogP contribution in [-0.4, -0.2) is 41.7 Å². The van der Waals surface area contributed by atoms with Gasteiger partial charge in [-0.25, -0.2) is 0 Å². The maximum Gasteiger partial charge on any atom is 0.229 e. The van der Waals surface area contributed by atoms with E-state index in [9.17, 15) is 9.90 Å². The van der Waals surface area contributed by atoms with Gasteiger partial charge in [0.2, 0.25) is 5.91 Å². The van der Waals surface area contributed by atoms with Gasteiger partial charge in [-0.2, -0.15) is 0 Å². The van der Waals surface area contributed by atoms with Crippen molar-refractivity contribution in [2.75, 3.05) is 13.6 Å². The first-order valence-corrected chi connectivity index (χ1v) is 6.05. The van der Waals surface area contributed by atoms with E-state index in [1.165, 1.54) is 0 Å². The second kappa shape index (κ2) is 5.15. The first-order chi connectivity index (χ1) is 7.40. The molecule has 0 spiro atoms. The summed E-state index contributed by atoms with van der Waals surface area (Å²) in [6, 6.07) is -0.0351. The van der Waals surface area contributed by atoms with Crippen molar-refractivity contribution in [3.8, 4) is 0 Å². The van der Waals surface area contributed by atoms with E-state index < -0.39 is 5.41 Å². The van der Waals surface area contributed by atoms with Crippen molar-refractivity contribution in [2.45, 2.75) is 51.7 Å². The Hall–Kier alpha value is -0.610. The average molecular weight is 228 g/mol. The van der Waals surface area contributed by atoms with Crippen LogP contribution in [0, 0.1) is 5.41 Å². The highest BCUT2D eigenvalue weighted by Crippen LogP contribution is 2.26. The normalized spacial score (nSPS) is 26.6. The summed E-state index contributed by atoms with van der Waals surface area (Å²) < 4.78 is 0. The molecule has 3 N–H and O–H groups in total. The fourth-order valence-corrected chi connectivity index (χ4v) is 2.26. The first kappa shape index (κ1) is 13.5. The Bertz CT molecular complexity index is 253. The topological polar surface area (TPSA) is 66.6 Å². The van der Waals surface area contributed by atoms with Crippen molar-refractivity contribution in [1.29, 1.82) is 0 Å². The highest BCUT2D eigenvalue weighted by Gasteiger charge is 2.35. The van der Waals surface area contributed by atoms with Crippen molar-refractivity contribution in [1.82, 2.24) is 4.90 Å². The Labute approximate surface area is 97.8 Å². The third-order valence-electron chi connectivity index (χ3n) is 3.60. The number of likely N-dealkylation sites (N-methyl/N-ethyl adjacent to an activating group) is 1. The molecule has 1 saturated carbocycles. The number of nitrogens with zero attached hydrogens (tertiary/aromatic N) is 1. The van der Waals surface area contributed by atoms with Gasteiger partial charge in [0.15, 0.2) is 0 Å². The lowest BCUT2D eigenvalue weighted by Gasteiger charge is -2.38. The van der Waals surface area contributed by atoms with Crippen molar-refractivity contribution in [2.24, 2.45) is 11.1 Å². The largest absolute Gasteiger partial charge is 0.391 e. The van der Waals surface area contributed by atoms with Crippen LogP contribution in [0.5, 0.6) is 0 Å². The van der Waals surface area contributed by atoms with Crippen LogP contribution in [0.2, 0.25) is 0 Å².